The molecule has 1 amide bonds. The number of hydrogen-bond acceptors (Lipinski definition) is 4. The van der Waals surface area contributed by atoms with Gasteiger partial charge in [-0.05, 0) is 53.9 Å². The molecule has 32 heavy (non-hydrogen) atoms. The van der Waals surface area contributed by atoms with Crippen LogP contribution in [0, 0.1) is 0 Å². The van der Waals surface area contributed by atoms with Crippen molar-refractivity contribution in [2.45, 2.75) is 23.9 Å². The first kappa shape index (κ1) is 22.6. The van der Waals surface area contributed by atoms with Crippen LogP contribution in [0.1, 0.15) is 11.1 Å². The number of methoxy groups -OCH3 is 1. The second-order valence-electron chi connectivity index (χ2n) is 7.30. The number of para-hydroxylation sites is 1. The van der Waals surface area contributed by atoms with E-state index in [-0.39, 0.29) is 33.6 Å². The van der Waals surface area contributed by atoms with E-state index in [9.17, 15) is 13.2 Å². The summed E-state index contributed by atoms with van der Waals surface area (Å²) in [5, 5.41) is 3.26. The lowest BCUT2D eigenvalue weighted by Gasteiger charge is -2.35. The summed E-state index contributed by atoms with van der Waals surface area (Å²) in [5.41, 5.74) is 2.02. The molecule has 1 N–H and O–H groups in total. The van der Waals surface area contributed by atoms with Crippen LogP contribution >= 0.6 is 23.2 Å². The van der Waals surface area contributed by atoms with E-state index < -0.39 is 22.0 Å². The number of fused-ring (bicyclic) bond motifs is 1. The van der Waals surface area contributed by atoms with Gasteiger partial charge in [-0.2, -0.15) is 4.31 Å². The molecule has 4 rings (SSSR count). The number of amides is 1. The van der Waals surface area contributed by atoms with Gasteiger partial charge in [0, 0.05) is 6.54 Å². The number of sulfonamides is 1. The minimum atomic E-state index is -3.99. The summed E-state index contributed by atoms with van der Waals surface area (Å²) in [6, 6.07) is 17.4. The quantitative estimate of drug-likeness (QED) is 0.559. The van der Waals surface area contributed by atoms with E-state index >= 15 is 0 Å². The summed E-state index contributed by atoms with van der Waals surface area (Å²) in [6.07, 6.45) is 0.222. The molecule has 3 aromatic rings. The van der Waals surface area contributed by atoms with Crippen LogP contribution in [0.2, 0.25) is 10.0 Å². The van der Waals surface area contributed by atoms with Crippen molar-refractivity contribution >= 4 is 44.8 Å². The van der Waals surface area contributed by atoms with Crippen molar-refractivity contribution in [2.75, 3.05) is 12.4 Å². The Morgan fingerprint density at radius 2 is 1.59 bits per heavy atom. The fourth-order valence-corrected chi connectivity index (χ4v) is 5.74. The molecular formula is C23H20Cl2N2O4S. The SMILES string of the molecule is COc1ccc(S(=O)(=O)N2Cc3ccccc3CC2C(=O)Nc2c(Cl)cccc2Cl)cc1. The zero-order chi connectivity index (χ0) is 22.9. The van der Waals surface area contributed by atoms with Crippen LogP contribution in [-0.4, -0.2) is 31.8 Å². The van der Waals surface area contributed by atoms with Crippen LogP contribution in [0.3, 0.4) is 0 Å². The van der Waals surface area contributed by atoms with Crippen LogP contribution in [0.5, 0.6) is 5.75 Å². The van der Waals surface area contributed by atoms with Crippen molar-refractivity contribution < 1.29 is 17.9 Å². The second-order valence-corrected chi connectivity index (χ2v) is 10.0. The van der Waals surface area contributed by atoms with Crippen molar-refractivity contribution in [3.05, 3.63) is 87.9 Å². The Morgan fingerprint density at radius 1 is 0.969 bits per heavy atom. The van der Waals surface area contributed by atoms with Crippen molar-refractivity contribution in [3.8, 4) is 5.75 Å². The molecule has 3 aromatic carbocycles. The average Bonchev–Trinajstić information content (AvgIpc) is 2.80. The molecule has 0 saturated carbocycles. The number of hydrogen-bond donors (Lipinski definition) is 1. The minimum Gasteiger partial charge on any atom is -0.497 e. The molecular weight excluding hydrogens is 471 g/mol. The summed E-state index contributed by atoms with van der Waals surface area (Å²) in [4.78, 5) is 13.4. The maximum atomic E-state index is 13.6. The lowest BCUT2D eigenvalue weighted by Crippen LogP contribution is -2.50. The summed E-state index contributed by atoms with van der Waals surface area (Å²) < 4.78 is 33.4. The first-order valence-electron chi connectivity index (χ1n) is 9.79. The van der Waals surface area contributed by atoms with Crippen LogP contribution in [-0.2, 0) is 27.8 Å². The lowest BCUT2D eigenvalue weighted by atomic mass is 9.95. The van der Waals surface area contributed by atoms with Gasteiger partial charge in [-0.3, -0.25) is 4.79 Å². The van der Waals surface area contributed by atoms with E-state index in [0.717, 1.165) is 11.1 Å². The number of benzene rings is 3. The molecule has 1 aliphatic rings. The van der Waals surface area contributed by atoms with Gasteiger partial charge >= 0.3 is 0 Å². The molecule has 0 spiro atoms. The first-order chi connectivity index (χ1) is 15.3. The second kappa shape index (κ2) is 9.11. The van der Waals surface area contributed by atoms with Crippen LogP contribution in [0.25, 0.3) is 0 Å². The van der Waals surface area contributed by atoms with Gasteiger partial charge in [0.1, 0.15) is 11.8 Å². The molecule has 0 bridgehead atoms. The summed E-state index contributed by atoms with van der Waals surface area (Å²) in [7, 11) is -2.48. The molecule has 166 valence electrons. The smallest absolute Gasteiger partial charge is 0.244 e. The largest absolute Gasteiger partial charge is 0.497 e. The predicted molar refractivity (Wildman–Crippen MR) is 125 cm³/mol. The van der Waals surface area contributed by atoms with Gasteiger partial charge in [0.2, 0.25) is 15.9 Å². The van der Waals surface area contributed by atoms with E-state index in [1.54, 1.807) is 30.3 Å². The molecule has 1 unspecified atom stereocenters. The molecule has 1 aliphatic heterocycles. The van der Waals surface area contributed by atoms with Crippen LogP contribution in [0.4, 0.5) is 5.69 Å². The number of nitrogens with one attached hydrogen (secondary N) is 1. The Hall–Kier alpha value is -2.58. The predicted octanol–water partition coefficient (Wildman–Crippen LogP) is 4.76. The maximum Gasteiger partial charge on any atom is 0.244 e. The average molecular weight is 491 g/mol. The highest BCUT2D eigenvalue weighted by Gasteiger charge is 2.39. The fraction of sp³-hybridized carbons (Fsp3) is 0.174. The third kappa shape index (κ3) is 4.34. The van der Waals surface area contributed by atoms with Gasteiger partial charge in [-0.25, -0.2) is 8.42 Å². The summed E-state index contributed by atoms with van der Waals surface area (Å²) >= 11 is 12.4. The normalized spacial score (nSPS) is 16.3. The van der Waals surface area contributed by atoms with Gasteiger partial charge in [0.25, 0.3) is 0 Å². The molecule has 1 atom stereocenters. The number of ether oxygens (including phenoxy) is 1. The van der Waals surface area contributed by atoms with Crippen molar-refractivity contribution in [1.82, 2.24) is 4.31 Å². The van der Waals surface area contributed by atoms with E-state index in [1.165, 1.54) is 23.5 Å². The number of carbonyl (C=O) groups excluding carboxylic acids is 1. The third-order valence-electron chi connectivity index (χ3n) is 5.39. The topological polar surface area (TPSA) is 75.7 Å². The zero-order valence-electron chi connectivity index (χ0n) is 17.1. The number of nitrogens with zero attached hydrogens (tertiary/aromatic N) is 1. The molecule has 1 heterocycles. The van der Waals surface area contributed by atoms with Gasteiger partial charge in [-0.15, -0.1) is 0 Å². The molecule has 0 saturated heterocycles. The maximum absolute atomic E-state index is 13.6. The Labute approximate surface area is 196 Å². The Balaban J connectivity index is 1.73. The monoisotopic (exact) mass is 490 g/mol. The Morgan fingerprint density at radius 3 is 2.22 bits per heavy atom. The summed E-state index contributed by atoms with van der Waals surface area (Å²) in [6.45, 7) is 0.0683. The number of carbonyl (C=O) groups is 1. The molecule has 9 heteroatoms. The van der Waals surface area contributed by atoms with Crippen molar-refractivity contribution in [1.29, 1.82) is 0 Å². The highest BCUT2D eigenvalue weighted by atomic mass is 35.5. The van der Waals surface area contributed by atoms with Gasteiger partial charge in [-0.1, -0.05) is 53.5 Å². The van der Waals surface area contributed by atoms with Crippen molar-refractivity contribution in [3.63, 3.8) is 0 Å². The number of rotatable bonds is 5. The Kier molecular flexibility index (Phi) is 6.44. The highest BCUT2D eigenvalue weighted by molar-refractivity contribution is 7.89. The van der Waals surface area contributed by atoms with Crippen molar-refractivity contribution in [2.24, 2.45) is 0 Å². The third-order valence-corrected chi connectivity index (χ3v) is 7.88. The zero-order valence-corrected chi connectivity index (χ0v) is 19.4. The van der Waals surface area contributed by atoms with Gasteiger partial charge in [0.05, 0.1) is 27.7 Å². The van der Waals surface area contributed by atoms with E-state index in [1.807, 2.05) is 24.3 Å². The van der Waals surface area contributed by atoms with Crippen LogP contribution < -0.4 is 10.1 Å². The minimum absolute atomic E-state index is 0.0683. The molecule has 0 radical (unpaired) electrons. The number of anilines is 1. The van der Waals surface area contributed by atoms with Gasteiger partial charge < -0.3 is 10.1 Å². The fourth-order valence-electron chi connectivity index (χ4n) is 3.68. The standard InChI is InChI=1S/C23H20Cl2N2O4S/c1-31-17-9-11-18(12-10-17)32(29,30)27-14-16-6-3-2-5-15(16)13-21(27)23(28)26-22-19(24)7-4-8-20(22)25/h2-12,21H,13-14H2,1H3,(H,26,28). The molecule has 0 aromatic heterocycles. The van der Waals surface area contributed by atoms with E-state index in [4.69, 9.17) is 27.9 Å². The highest BCUT2D eigenvalue weighted by Crippen LogP contribution is 2.33. The first-order valence-corrected chi connectivity index (χ1v) is 12.0. The Bertz CT molecular complexity index is 1240. The summed E-state index contributed by atoms with van der Waals surface area (Å²) in [5.74, 6) is 0.0298. The number of halogens is 2. The molecule has 0 aliphatic carbocycles. The molecule has 6 nitrogen and oxygen atoms in total. The lowest BCUT2D eigenvalue weighted by molar-refractivity contribution is -0.120. The van der Waals surface area contributed by atoms with Gasteiger partial charge in [0.15, 0.2) is 0 Å². The van der Waals surface area contributed by atoms with E-state index in [0.29, 0.717) is 5.75 Å². The molecule has 0 fully saturated rings. The van der Waals surface area contributed by atoms with Crippen LogP contribution in [0.15, 0.2) is 71.6 Å². The van der Waals surface area contributed by atoms with E-state index in [2.05, 4.69) is 5.32 Å².